The second kappa shape index (κ2) is 9.87. The maximum absolute atomic E-state index is 13.4. The largest absolute Gasteiger partial charge is 0.384 e. The molecule has 0 aliphatic carbocycles. The number of fused-ring (bicyclic) bond motifs is 2. The highest BCUT2D eigenvalue weighted by Gasteiger charge is 2.25. The van der Waals surface area contributed by atoms with Crippen molar-refractivity contribution >= 4 is 51.2 Å². The van der Waals surface area contributed by atoms with Crippen molar-refractivity contribution in [3.05, 3.63) is 88.9 Å². The molecule has 5 rings (SSSR count). The lowest BCUT2D eigenvalue weighted by Gasteiger charge is -2.21. The number of anilines is 2. The maximum atomic E-state index is 13.4. The average Bonchev–Trinajstić information content (AvgIpc) is 3.18. The number of amides is 1. The Labute approximate surface area is 214 Å². The monoisotopic (exact) mass is 498 g/mol. The van der Waals surface area contributed by atoms with Crippen molar-refractivity contribution in [2.75, 3.05) is 23.7 Å². The molecule has 182 valence electrons. The van der Waals surface area contributed by atoms with E-state index in [4.69, 9.17) is 27.3 Å². The van der Waals surface area contributed by atoms with Crippen molar-refractivity contribution in [2.24, 2.45) is 0 Å². The fourth-order valence-corrected chi connectivity index (χ4v) is 4.55. The van der Waals surface area contributed by atoms with Gasteiger partial charge < -0.3 is 16.0 Å². The zero-order valence-corrected chi connectivity index (χ0v) is 21.0. The first kappa shape index (κ1) is 23.6. The van der Waals surface area contributed by atoms with Crippen LogP contribution < -0.4 is 16.0 Å². The Hall–Kier alpha value is -4.10. The van der Waals surface area contributed by atoms with Gasteiger partial charge in [0, 0.05) is 36.0 Å². The van der Waals surface area contributed by atoms with Gasteiger partial charge in [0.2, 0.25) is 0 Å². The minimum absolute atomic E-state index is 0.296. The van der Waals surface area contributed by atoms with Crippen molar-refractivity contribution in [3.8, 4) is 5.69 Å². The van der Waals surface area contributed by atoms with Gasteiger partial charge in [0.1, 0.15) is 16.9 Å². The van der Waals surface area contributed by atoms with Crippen LogP contribution in [0.1, 0.15) is 29.8 Å². The van der Waals surface area contributed by atoms with Crippen LogP contribution >= 0.6 is 11.6 Å². The average molecular weight is 499 g/mol. The first-order chi connectivity index (χ1) is 17.5. The summed E-state index contributed by atoms with van der Waals surface area (Å²) in [5, 5.41) is 3.61. The zero-order chi connectivity index (χ0) is 25.2. The number of rotatable bonds is 7. The number of halogens is 1. The number of nitrogens with zero attached hydrogens (tertiary/aromatic N) is 4. The van der Waals surface area contributed by atoms with E-state index in [2.05, 4.69) is 36.2 Å². The van der Waals surface area contributed by atoms with Gasteiger partial charge in [0.05, 0.1) is 11.0 Å². The summed E-state index contributed by atoms with van der Waals surface area (Å²) in [4.78, 5) is 25.3. The van der Waals surface area contributed by atoms with E-state index < -0.39 is 0 Å². The summed E-state index contributed by atoms with van der Waals surface area (Å²) in [6.45, 7) is 6.43. The molecule has 3 N–H and O–H groups in total. The van der Waals surface area contributed by atoms with Crippen LogP contribution in [0.5, 0.6) is 0 Å². The van der Waals surface area contributed by atoms with Crippen molar-refractivity contribution < 1.29 is 4.79 Å². The van der Waals surface area contributed by atoms with Crippen LogP contribution in [0.4, 0.5) is 11.5 Å². The molecule has 0 spiro atoms. The molecule has 0 saturated carbocycles. The van der Waals surface area contributed by atoms with E-state index in [-0.39, 0.29) is 5.91 Å². The van der Waals surface area contributed by atoms with Crippen LogP contribution in [-0.2, 0) is 6.54 Å². The first-order valence-corrected chi connectivity index (χ1v) is 12.3. The smallest absolute Gasteiger partial charge is 0.257 e. The number of hydrogen-bond acceptors (Lipinski definition) is 5. The van der Waals surface area contributed by atoms with E-state index in [0.29, 0.717) is 39.6 Å². The number of nitrogens with two attached hydrogens (primary N) is 1. The Morgan fingerprint density at radius 3 is 2.22 bits per heavy atom. The van der Waals surface area contributed by atoms with Crippen molar-refractivity contribution in [2.45, 2.75) is 20.4 Å². The lowest BCUT2D eigenvalue weighted by molar-refractivity contribution is 0.0953. The Kier molecular flexibility index (Phi) is 6.48. The Balaban J connectivity index is 1.60. The Bertz CT molecular complexity index is 1540. The van der Waals surface area contributed by atoms with Gasteiger partial charge in [-0.15, -0.1) is 0 Å². The molecule has 0 saturated heterocycles. The molecule has 2 aromatic heterocycles. The Morgan fingerprint density at radius 1 is 0.944 bits per heavy atom. The molecule has 1 amide bonds. The SMILES string of the molecule is CCN(CC)c1ccc(-n2c(N)c(C(=O)NCc3ccc(Cl)cc3)c3nc4ccccc4nc32)cc1. The van der Waals surface area contributed by atoms with Crippen LogP contribution in [0, 0.1) is 0 Å². The molecule has 0 atom stereocenters. The number of nitrogen functional groups attached to an aromatic ring is 1. The van der Waals surface area contributed by atoms with Gasteiger partial charge in [-0.2, -0.15) is 0 Å². The van der Waals surface area contributed by atoms with E-state index >= 15 is 0 Å². The number of benzene rings is 3. The van der Waals surface area contributed by atoms with Crippen molar-refractivity contribution in [1.29, 1.82) is 0 Å². The molecule has 7 nitrogen and oxygen atoms in total. The van der Waals surface area contributed by atoms with Gasteiger partial charge in [-0.1, -0.05) is 35.9 Å². The molecular formula is C28H27ClN6O. The predicted octanol–water partition coefficient (Wildman–Crippen LogP) is 5.59. The van der Waals surface area contributed by atoms with E-state index in [9.17, 15) is 4.79 Å². The minimum atomic E-state index is -0.310. The summed E-state index contributed by atoms with van der Waals surface area (Å²) in [7, 11) is 0. The summed E-state index contributed by atoms with van der Waals surface area (Å²) in [5.74, 6) is -0.0138. The molecule has 0 bridgehead atoms. The normalized spacial score (nSPS) is 11.2. The van der Waals surface area contributed by atoms with Crippen molar-refractivity contribution in [1.82, 2.24) is 19.9 Å². The third-order valence-electron chi connectivity index (χ3n) is 6.33. The van der Waals surface area contributed by atoms with Gasteiger partial charge in [0.15, 0.2) is 5.65 Å². The topological polar surface area (TPSA) is 89.1 Å². The van der Waals surface area contributed by atoms with Gasteiger partial charge in [-0.25, -0.2) is 9.97 Å². The highest BCUT2D eigenvalue weighted by atomic mass is 35.5. The number of hydrogen-bond donors (Lipinski definition) is 2. The summed E-state index contributed by atoms with van der Waals surface area (Å²) >= 11 is 5.98. The molecule has 0 fully saturated rings. The second-order valence-electron chi connectivity index (χ2n) is 8.48. The summed E-state index contributed by atoms with van der Waals surface area (Å²) < 4.78 is 1.80. The van der Waals surface area contributed by atoms with Gasteiger partial charge in [-0.3, -0.25) is 9.36 Å². The first-order valence-electron chi connectivity index (χ1n) is 11.9. The van der Waals surface area contributed by atoms with Crippen LogP contribution in [0.15, 0.2) is 72.8 Å². The van der Waals surface area contributed by atoms with E-state index in [1.165, 1.54) is 0 Å². The van der Waals surface area contributed by atoms with Crippen LogP contribution in [-0.4, -0.2) is 33.5 Å². The maximum Gasteiger partial charge on any atom is 0.257 e. The fraction of sp³-hybridized carbons (Fsp3) is 0.179. The third kappa shape index (κ3) is 4.33. The quantitative estimate of drug-likeness (QED) is 0.305. The molecule has 8 heteroatoms. The summed E-state index contributed by atoms with van der Waals surface area (Å²) in [6.07, 6.45) is 0. The van der Waals surface area contributed by atoms with Crippen molar-refractivity contribution in [3.63, 3.8) is 0 Å². The molecule has 0 aliphatic rings. The molecule has 5 aromatic rings. The van der Waals surface area contributed by atoms with Gasteiger partial charge in [0.25, 0.3) is 5.91 Å². The number of nitrogens with one attached hydrogen (secondary N) is 1. The molecular weight excluding hydrogens is 472 g/mol. The number of carbonyl (C=O) groups is 1. The van der Waals surface area contributed by atoms with E-state index in [1.54, 1.807) is 16.7 Å². The fourth-order valence-electron chi connectivity index (χ4n) is 4.42. The second-order valence-corrected chi connectivity index (χ2v) is 8.91. The highest BCUT2D eigenvalue weighted by molar-refractivity contribution is 6.30. The Morgan fingerprint density at radius 2 is 1.58 bits per heavy atom. The van der Waals surface area contributed by atoms with Crippen LogP contribution in [0.2, 0.25) is 5.02 Å². The lowest BCUT2D eigenvalue weighted by atomic mass is 10.2. The van der Waals surface area contributed by atoms with E-state index in [1.807, 2.05) is 48.5 Å². The molecule has 0 aliphatic heterocycles. The molecule has 0 unspecified atom stereocenters. The summed E-state index contributed by atoms with van der Waals surface area (Å²) in [5.41, 5.74) is 12.3. The van der Waals surface area contributed by atoms with Gasteiger partial charge >= 0.3 is 0 Å². The minimum Gasteiger partial charge on any atom is -0.384 e. The predicted molar refractivity (Wildman–Crippen MR) is 147 cm³/mol. The van der Waals surface area contributed by atoms with E-state index in [0.717, 1.165) is 35.5 Å². The van der Waals surface area contributed by atoms with Crippen LogP contribution in [0.25, 0.3) is 27.9 Å². The molecule has 2 heterocycles. The lowest BCUT2D eigenvalue weighted by Crippen LogP contribution is -2.24. The number of para-hydroxylation sites is 2. The molecule has 3 aromatic carbocycles. The zero-order valence-electron chi connectivity index (χ0n) is 20.2. The standard InChI is InChI=1S/C28H27ClN6O/c1-3-34(4-2)20-13-15-21(16-14-20)35-26(30)24(28(36)31-17-18-9-11-19(29)12-10-18)25-27(35)33-23-8-6-5-7-22(23)32-25/h5-16H,3-4,17,30H2,1-2H3,(H,31,36). The summed E-state index contributed by atoms with van der Waals surface area (Å²) in [6, 6.07) is 23.0. The third-order valence-corrected chi connectivity index (χ3v) is 6.58. The molecule has 36 heavy (non-hydrogen) atoms. The highest BCUT2D eigenvalue weighted by Crippen LogP contribution is 2.31. The molecule has 0 radical (unpaired) electrons. The van der Waals surface area contributed by atoms with Gasteiger partial charge in [-0.05, 0) is 67.9 Å². The number of aromatic nitrogens is 3. The number of carbonyl (C=O) groups excluding carboxylic acids is 1. The van der Waals surface area contributed by atoms with Crippen LogP contribution in [0.3, 0.4) is 0 Å².